The van der Waals surface area contributed by atoms with Crippen molar-refractivity contribution in [3.05, 3.63) is 85.4 Å². The van der Waals surface area contributed by atoms with E-state index in [2.05, 4.69) is 104 Å². The molecule has 5 heterocycles. The summed E-state index contributed by atoms with van der Waals surface area (Å²) in [5.74, 6) is 2.42. The average molecular weight is 660 g/mol. The van der Waals surface area contributed by atoms with Crippen LogP contribution >= 0.6 is 0 Å². The zero-order chi connectivity index (χ0) is 35.2. The minimum Gasteiger partial charge on any atom is -0.465 e. The SMILES string of the molecule is COC(=O)c1ccc(C)cc1C1=c2cc3c4c(c2Oc2c1cc1c5c2C(C)(C)CCN5C(C)(C)CC1C)C(C)(C)CC[N+]=4C(C)(C)CC3C. The van der Waals surface area contributed by atoms with Crippen molar-refractivity contribution in [2.45, 2.75) is 136 Å². The normalized spacial score (nSPS) is 24.6. The van der Waals surface area contributed by atoms with Gasteiger partial charge in [0.05, 0.1) is 18.2 Å². The summed E-state index contributed by atoms with van der Waals surface area (Å²) in [6.45, 7) is 28.3. The van der Waals surface area contributed by atoms with Gasteiger partial charge in [-0.2, -0.15) is 0 Å². The van der Waals surface area contributed by atoms with Crippen LogP contribution in [0, 0.1) is 6.92 Å². The predicted octanol–water partition coefficient (Wildman–Crippen LogP) is 8.37. The summed E-state index contributed by atoms with van der Waals surface area (Å²) in [6.07, 6.45) is 4.30. The van der Waals surface area contributed by atoms with E-state index in [0.29, 0.717) is 17.4 Å². The molecule has 0 saturated carbocycles. The number of anilines is 1. The van der Waals surface area contributed by atoms with Gasteiger partial charge in [0.15, 0.2) is 5.54 Å². The molecule has 0 radical (unpaired) electrons. The van der Waals surface area contributed by atoms with E-state index in [1.165, 1.54) is 40.4 Å². The van der Waals surface area contributed by atoms with Crippen LogP contribution in [0.2, 0.25) is 0 Å². The summed E-state index contributed by atoms with van der Waals surface area (Å²) in [7, 11) is 1.49. The average Bonchev–Trinajstić information content (AvgIpc) is 3.00. The predicted molar refractivity (Wildman–Crippen MR) is 199 cm³/mol. The molecule has 0 amide bonds. The number of fused-ring (bicyclic) bond motifs is 4. The number of ether oxygens (including phenoxy) is 2. The lowest BCUT2D eigenvalue weighted by Crippen LogP contribution is -2.58. The molecule has 258 valence electrons. The van der Waals surface area contributed by atoms with Gasteiger partial charge in [0, 0.05) is 63.5 Å². The molecule has 0 saturated heterocycles. The number of carbonyl (C=O) groups is 1. The number of rotatable bonds is 2. The monoisotopic (exact) mass is 659 g/mol. The number of benzene rings is 3. The van der Waals surface area contributed by atoms with E-state index in [1.807, 2.05) is 12.1 Å². The van der Waals surface area contributed by atoms with Crippen molar-refractivity contribution in [1.82, 2.24) is 4.58 Å². The molecular weight excluding hydrogens is 604 g/mol. The molecule has 5 nitrogen and oxygen atoms in total. The molecule has 0 fully saturated rings. The molecule has 0 bridgehead atoms. The third-order valence-corrected chi connectivity index (χ3v) is 13.1. The molecule has 0 N–H and O–H groups in total. The third kappa shape index (κ3) is 4.49. The second-order valence-corrected chi connectivity index (χ2v) is 18.6. The molecule has 8 rings (SSSR count). The minimum absolute atomic E-state index is 0.0505. The largest absolute Gasteiger partial charge is 0.465 e. The Balaban J connectivity index is 1.62. The second-order valence-electron chi connectivity index (χ2n) is 18.6. The highest BCUT2D eigenvalue weighted by molar-refractivity contribution is 6.00. The summed E-state index contributed by atoms with van der Waals surface area (Å²) in [6, 6.07) is 11.1. The summed E-state index contributed by atoms with van der Waals surface area (Å²) in [5.41, 5.74) is 11.6. The Hall–Kier alpha value is -3.60. The van der Waals surface area contributed by atoms with Crippen molar-refractivity contribution < 1.29 is 14.3 Å². The van der Waals surface area contributed by atoms with Crippen molar-refractivity contribution in [2.75, 3.05) is 25.1 Å². The number of aryl methyl sites for hydroxylation is 1. The van der Waals surface area contributed by atoms with Gasteiger partial charge in [-0.1, -0.05) is 59.2 Å². The van der Waals surface area contributed by atoms with Crippen LogP contribution in [0.15, 0.2) is 30.3 Å². The van der Waals surface area contributed by atoms with Crippen LogP contribution in [0.3, 0.4) is 0 Å². The number of methoxy groups -OCH3 is 1. The van der Waals surface area contributed by atoms with Crippen LogP contribution in [0.4, 0.5) is 5.69 Å². The first kappa shape index (κ1) is 32.6. The maximum atomic E-state index is 13.6. The Morgan fingerprint density at radius 2 is 1.55 bits per heavy atom. The number of esters is 1. The number of hydrogen-bond donors (Lipinski definition) is 0. The van der Waals surface area contributed by atoms with Crippen molar-refractivity contribution in [3.8, 4) is 11.5 Å². The van der Waals surface area contributed by atoms with Crippen molar-refractivity contribution >= 4 is 17.2 Å². The topological polar surface area (TPSA) is 41.8 Å². The first-order chi connectivity index (χ1) is 22.9. The van der Waals surface area contributed by atoms with E-state index in [-0.39, 0.29) is 27.9 Å². The van der Waals surface area contributed by atoms with Crippen LogP contribution < -0.4 is 24.8 Å². The molecule has 5 heteroatoms. The third-order valence-electron chi connectivity index (χ3n) is 13.1. The molecule has 5 aliphatic rings. The molecular formula is C44H55N2O3+. The lowest BCUT2D eigenvalue weighted by molar-refractivity contribution is 0.0600. The van der Waals surface area contributed by atoms with Crippen molar-refractivity contribution in [1.29, 1.82) is 0 Å². The molecule has 0 spiro atoms. The second kappa shape index (κ2) is 10.2. The van der Waals surface area contributed by atoms with Gasteiger partial charge in [-0.3, -0.25) is 0 Å². The number of hydrogen-bond acceptors (Lipinski definition) is 4. The lowest BCUT2D eigenvalue weighted by atomic mass is 9.67. The summed E-state index contributed by atoms with van der Waals surface area (Å²) < 4.78 is 15.7. The fraction of sp³-hybridized carbons (Fsp3) is 0.545. The van der Waals surface area contributed by atoms with Gasteiger partial charge < -0.3 is 14.4 Å². The Kier molecular flexibility index (Phi) is 6.81. The van der Waals surface area contributed by atoms with Gasteiger partial charge in [-0.15, -0.1) is 0 Å². The van der Waals surface area contributed by atoms with E-state index >= 15 is 0 Å². The standard InChI is InChI=1S/C44H55N2O3/c1-24-13-14-27(40(47)48-12)30(19-24)33-31-20-28-25(2)22-43(8,9)45-17-15-41(4,5)34(36(28)45)38(31)49-39-32(33)21-29-26(3)23-44(10,11)46-18-16-42(6,7)35(39)37(29)46/h13-14,19-21,25-26H,15-18,22-23H2,1-12H3/q+1. The van der Waals surface area contributed by atoms with E-state index in [0.717, 1.165) is 77.8 Å². The molecule has 2 atom stereocenters. The van der Waals surface area contributed by atoms with Gasteiger partial charge in [-0.05, 0) is 94.0 Å². The number of nitrogens with zero attached hydrogens (tertiary/aromatic N) is 2. The summed E-state index contributed by atoms with van der Waals surface area (Å²) in [4.78, 5) is 16.3. The van der Waals surface area contributed by atoms with Gasteiger partial charge in [0.1, 0.15) is 18.0 Å². The highest BCUT2D eigenvalue weighted by Gasteiger charge is 2.50. The van der Waals surface area contributed by atoms with Crippen molar-refractivity contribution in [3.63, 3.8) is 0 Å². The maximum Gasteiger partial charge on any atom is 0.338 e. The minimum atomic E-state index is -0.307. The number of carbonyl (C=O) groups excluding carboxylic acids is 1. The van der Waals surface area contributed by atoms with Gasteiger partial charge in [0.2, 0.25) is 5.36 Å². The Bertz CT molecular complexity index is 2110. The van der Waals surface area contributed by atoms with Crippen LogP contribution in [0.5, 0.6) is 11.5 Å². The van der Waals surface area contributed by atoms with Gasteiger partial charge in [0.25, 0.3) is 0 Å². The highest BCUT2D eigenvalue weighted by atomic mass is 16.5. The fourth-order valence-electron chi connectivity index (χ4n) is 10.6. The van der Waals surface area contributed by atoms with E-state index in [4.69, 9.17) is 9.47 Å². The molecule has 0 aromatic heterocycles. The van der Waals surface area contributed by atoms with Crippen molar-refractivity contribution in [2.24, 2.45) is 0 Å². The summed E-state index contributed by atoms with van der Waals surface area (Å²) >= 11 is 0. The molecule has 2 unspecified atom stereocenters. The van der Waals surface area contributed by atoms with Crippen LogP contribution in [-0.2, 0) is 15.6 Å². The lowest BCUT2D eigenvalue weighted by Gasteiger charge is -2.54. The first-order valence-electron chi connectivity index (χ1n) is 18.6. The molecule has 49 heavy (non-hydrogen) atoms. The zero-order valence-corrected chi connectivity index (χ0v) is 31.9. The molecule has 3 aromatic carbocycles. The maximum absolute atomic E-state index is 13.6. The smallest absolute Gasteiger partial charge is 0.338 e. The first-order valence-corrected chi connectivity index (χ1v) is 18.6. The van der Waals surface area contributed by atoms with E-state index in [1.54, 1.807) is 0 Å². The molecule has 0 aliphatic carbocycles. The molecule has 3 aromatic rings. The van der Waals surface area contributed by atoms with Crippen LogP contribution in [0.25, 0.3) is 5.57 Å². The Labute approximate surface area is 293 Å². The Morgan fingerprint density at radius 1 is 0.857 bits per heavy atom. The summed E-state index contributed by atoms with van der Waals surface area (Å²) in [5, 5.41) is 2.49. The Morgan fingerprint density at radius 3 is 2.27 bits per heavy atom. The quantitative estimate of drug-likeness (QED) is 0.160. The fourth-order valence-corrected chi connectivity index (χ4v) is 10.6. The highest BCUT2D eigenvalue weighted by Crippen LogP contribution is 2.58. The van der Waals surface area contributed by atoms with Crippen LogP contribution in [0.1, 0.15) is 156 Å². The van der Waals surface area contributed by atoms with Gasteiger partial charge in [-0.25, -0.2) is 9.37 Å². The molecule has 5 aliphatic heterocycles. The van der Waals surface area contributed by atoms with Gasteiger partial charge >= 0.3 is 5.97 Å². The van der Waals surface area contributed by atoms with Crippen LogP contribution in [-0.4, -0.2) is 37.2 Å². The van der Waals surface area contributed by atoms with E-state index in [9.17, 15) is 4.79 Å². The zero-order valence-electron chi connectivity index (χ0n) is 31.9. The van der Waals surface area contributed by atoms with E-state index < -0.39 is 0 Å².